The summed E-state index contributed by atoms with van der Waals surface area (Å²) in [6.07, 6.45) is 3.50. The van der Waals surface area contributed by atoms with E-state index in [0.29, 0.717) is 5.92 Å². The van der Waals surface area contributed by atoms with E-state index < -0.39 is 0 Å². The molecule has 1 unspecified atom stereocenters. The molecule has 0 bridgehead atoms. The zero-order valence-electron chi connectivity index (χ0n) is 8.76. The van der Waals surface area contributed by atoms with Gasteiger partial charge < -0.3 is 0 Å². The number of aryl methyl sites for hydroxylation is 2. The van der Waals surface area contributed by atoms with E-state index in [4.69, 9.17) is 0 Å². The second kappa shape index (κ2) is 4.75. The van der Waals surface area contributed by atoms with Crippen molar-refractivity contribution in [2.45, 2.75) is 46.0 Å². The zero-order chi connectivity index (χ0) is 9.84. The van der Waals surface area contributed by atoms with Crippen LogP contribution in [0.5, 0.6) is 0 Å². The highest BCUT2D eigenvalue weighted by atomic mass is 32.1. The minimum atomic E-state index is 0.660. The fraction of sp³-hybridized carbons (Fsp3) is 0.636. The SMILES string of the molecule is [CH2]CCCC(C)c1sc(C)nc1C. The van der Waals surface area contributed by atoms with Crippen LogP contribution in [0.25, 0.3) is 0 Å². The first-order chi connectivity index (χ1) is 6.15. The van der Waals surface area contributed by atoms with Crippen molar-refractivity contribution in [3.63, 3.8) is 0 Å². The van der Waals surface area contributed by atoms with Gasteiger partial charge in [0.05, 0.1) is 10.7 Å². The van der Waals surface area contributed by atoms with Crippen LogP contribution in [0.1, 0.15) is 47.7 Å². The number of hydrogen-bond donors (Lipinski definition) is 0. The number of thiazole rings is 1. The lowest BCUT2D eigenvalue weighted by Gasteiger charge is -2.08. The highest BCUT2D eigenvalue weighted by Gasteiger charge is 2.11. The summed E-state index contributed by atoms with van der Waals surface area (Å²) in [7, 11) is 0. The fourth-order valence-corrected chi connectivity index (χ4v) is 2.60. The number of rotatable bonds is 4. The van der Waals surface area contributed by atoms with Crippen molar-refractivity contribution in [2.75, 3.05) is 0 Å². The second-order valence-corrected chi connectivity index (χ2v) is 4.81. The topological polar surface area (TPSA) is 12.9 Å². The Labute approximate surface area is 85.2 Å². The molecule has 1 aromatic rings. The monoisotopic (exact) mass is 196 g/mol. The standard InChI is InChI=1S/C11H18NS/c1-5-6-7-8(2)11-9(3)12-10(4)13-11/h8H,1,5-7H2,2-4H3. The smallest absolute Gasteiger partial charge is 0.0900 e. The third-order valence-corrected chi connectivity index (χ3v) is 3.58. The Kier molecular flexibility index (Phi) is 3.91. The van der Waals surface area contributed by atoms with Crippen molar-refractivity contribution < 1.29 is 0 Å². The van der Waals surface area contributed by atoms with Crippen molar-refractivity contribution >= 4 is 11.3 Å². The molecule has 0 amide bonds. The van der Waals surface area contributed by atoms with Crippen LogP contribution in [0.3, 0.4) is 0 Å². The summed E-state index contributed by atoms with van der Waals surface area (Å²) in [5.74, 6) is 0.660. The Morgan fingerprint density at radius 2 is 2.15 bits per heavy atom. The summed E-state index contributed by atoms with van der Waals surface area (Å²) >= 11 is 1.84. The molecule has 73 valence electrons. The molecule has 0 saturated heterocycles. The zero-order valence-corrected chi connectivity index (χ0v) is 9.58. The molecule has 1 atom stereocenters. The molecule has 0 spiro atoms. The van der Waals surface area contributed by atoms with E-state index in [1.165, 1.54) is 28.4 Å². The molecular formula is C11H18NS. The third kappa shape index (κ3) is 2.80. The molecule has 0 aliphatic carbocycles. The average Bonchev–Trinajstić information content (AvgIpc) is 2.41. The van der Waals surface area contributed by atoms with Gasteiger partial charge in [-0.1, -0.05) is 26.7 Å². The van der Waals surface area contributed by atoms with Crippen LogP contribution < -0.4 is 0 Å². The maximum absolute atomic E-state index is 4.44. The van der Waals surface area contributed by atoms with Crippen LogP contribution in [-0.2, 0) is 0 Å². The van der Waals surface area contributed by atoms with Gasteiger partial charge in [0, 0.05) is 4.88 Å². The van der Waals surface area contributed by atoms with Gasteiger partial charge in [0.1, 0.15) is 0 Å². The first-order valence-corrected chi connectivity index (χ1v) is 5.70. The van der Waals surface area contributed by atoms with Gasteiger partial charge >= 0.3 is 0 Å². The molecule has 1 rings (SSSR count). The summed E-state index contributed by atoms with van der Waals surface area (Å²) in [6.45, 7) is 10.3. The van der Waals surface area contributed by atoms with E-state index in [9.17, 15) is 0 Å². The van der Waals surface area contributed by atoms with Crippen LogP contribution >= 0.6 is 11.3 Å². The number of aromatic nitrogens is 1. The van der Waals surface area contributed by atoms with Crippen molar-refractivity contribution in [1.29, 1.82) is 0 Å². The summed E-state index contributed by atoms with van der Waals surface area (Å²) < 4.78 is 0. The first kappa shape index (κ1) is 10.7. The Morgan fingerprint density at radius 1 is 1.46 bits per heavy atom. The molecule has 0 aliphatic heterocycles. The molecule has 0 N–H and O–H groups in total. The Bertz CT molecular complexity index is 265. The van der Waals surface area contributed by atoms with Crippen LogP contribution in [0.4, 0.5) is 0 Å². The van der Waals surface area contributed by atoms with E-state index in [2.05, 4.69) is 32.7 Å². The largest absolute Gasteiger partial charge is 0.247 e. The third-order valence-electron chi connectivity index (χ3n) is 2.27. The Balaban J connectivity index is 2.64. The maximum atomic E-state index is 4.44. The van der Waals surface area contributed by atoms with E-state index in [-0.39, 0.29) is 0 Å². The van der Waals surface area contributed by atoms with Crippen LogP contribution in [0.2, 0.25) is 0 Å². The fourth-order valence-electron chi connectivity index (χ4n) is 1.59. The highest BCUT2D eigenvalue weighted by Crippen LogP contribution is 2.29. The van der Waals surface area contributed by atoms with Gasteiger partial charge in [-0.2, -0.15) is 0 Å². The number of hydrogen-bond acceptors (Lipinski definition) is 2. The van der Waals surface area contributed by atoms with Gasteiger partial charge in [-0.05, 0) is 26.2 Å². The molecule has 1 nitrogen and oxygen atoms in total. The van der Waals surface area contributed by atoms with Gasteiger partial charge in [0.15, 0.2) is 0 Å². The van der Waals surface area contributed by atoms with Crippen LogP contribution in [0.15, 0.2) is 0 Å². The molecule has 1 radical (unpaired) electrons. The van der Waals surface area contributed by atoms with Gasteiger partial charge in [-0.3, -0.25) is 0 Å². The van der Waals surface area contributed by atoms with Crippen molar-refractivity contribution in [1.82, 2.24) is 4.98 Å². The Hall–Kier alpha value is -0.370. The summed E-state index contributed by atoms with van der Waals surface area (Å²) in [4.78, 5) is 5.91. The minimum absolute atomic E-state index is 0.660. The van der Waals surface area contributed by atoms with E-state index >= 15 is 0 Å². The normalized spacial score (nSPS) is 13.2. The van der Waals surface area contributed by atoms with Gasteiger partial charge in [-0.15, -0.1) is 11.3 Å². The number of unbranched alkanes of at least 4 members (excludes halogenated alkanes) is 1. The lowest BCUT2D eigenvalue weighted by molar-refractivity contribution is 0.644. The van der Waals surface area contributed by atoms with Crippen LogP contribution in [-0.4, -0.2) is 4.98 Å². The quantitative estimate of drug-likeness (QED) is 0.712. The average molecular weight is 196 g/mol. The molecule has 0 aliphatic rings. The van der Waals surface area contributed by atoms with Crippen molar-refractivity contribution in [2.24, 2.45) is 0 Å². The molecule has 1 heterocycles. The molecule has 0 saturated carbocycles. The summed E-state index contributed by atoms with van der Waals surface area (Å²) in [6, 6.07) is 0. The van der Waals surface area contributed by atoms with Crippen LogP contribution in [0, 0.1) is 20.8 Å². The molecule has 13 heavy (non-hydrogen) atoms. The molecule has 2 heteroatoms. The lowest BCUT2D eigenvalue weighted by atomic mass is 10.0. The van der Waals surface area contributed by atoms with E-state index in [1.54, 1.807) is 0 Å². The predicted octanol–water partition coefficient (Wildman–Crippen LogP) is 3.87. The predicted molar refractivity (Wildman–Crippen MR) is 59.2 cm³/mol. The number of nitrogens with zero attached hydrogens (tertiary/aromatic N) is 1. The Morgan fingerprint density at radius 3 is 2.62 bits per heavy atom. The lowest BCUT2D eigenvalue weighted by Crippen LogP contribution is -1.92. The summed E-state index contributed by atoms with van der Waals surface area (Å²) in [5.41, 5.74) is 1.22. The van der Waals surface area contributed by atoms with E-state index in [1.807, 2.05) is 11.3 Å². The molecule has 0 aromatic carbocycles. The van der Waals surface area contributed by atoms with Crippen molar-refractivity contribution in [3.05, 3.63) is 22.5 Å². The van der Waals surface area contributed by atoms with Gasteiger partial charge in [-0.25, -0.2) is 4.98 Å². The van der Waals surface area contributed by atoms with Gasteiger partial charge in [0.2, 0.25) is 0 Å². The first-order valence-electron chi connectivity index (χ1n) is 4.88. The van der Waals surface area contributed by atoms with Crippen molar-refractivity contribution in [3.8, 4) is 0 Å². The molecule has 0 fully saturated rings. The maximum Gasteiger partial charge on any atom is 0.0900 e. The van der Waals surface area contributed by atoms with Gasteiger partial charge in [0.25, 0.3) is 0 Å². The van der Waals surface area contributed by atoms with E-state index in [0.717, 1.165) is 6.42 Å². The molecular weight excluding hydrogens is 178 g/mol. The highest BCUT2D eigenvalue weighted by molar-refractivity contribution is 7.11. The summed E-state index contributed by atoms with van der Waals surface area (Å²) in [5, 5.41) is 1.19. The second-order valence-electron chi connectivity index (χ2n) is 3.58. The minimum Gasteiger partial charge on any atom is -0.247 e. The molecule has 1 aromatic heterocycles.